The van der Waals surface area contributed by atoms with Gasteiger partial charge in [0, 0.05) is 19.0 Å². The predicted molar refractivity (Wildman–Crippen MR) is 83.4 cm³/mol. The van der Waals surface area contributed by atoms with Gasteiger partial charge in [0.1, 0.15) is 0 Å². The van der Waals surface area contributed by atoms with Gasteiger partial charge in [0.05, 0.1) is 11.2 Å². The van der Waals surface area contributed by atoms with Crippen molar-refractivity contribution in [2.75, 3.05) is 13.1 Å². The van der Waals surface area contributed by atoms with Crippen molar-refractivity contribution in [1.82, 2.24) is 4.90 Å². The Hall–Kier alpha value is -0.610. The highest BCUT2D eigenvalue weighted by atomic mass is 16.5. The average molecular weight is 297 g/mol. The van der Waals surface area contributed by atoms with Crippen molar-refractivity contribution >= 4 is 5.97 Å². The fourth-order valence-electron chi connectivity index (χ4n) is 4.33. The Labute approximate surface area is 128 Å². The van der Waals surface area contributed by atoms with E-state index >= 15 is 0 Å². The van der Waals surface area contributed by atoms with Crippen molar-refractivity contribution in [3.63, 3.8) is 0 Å². The molecule has 0 aromatic rings. The van der Waals surface area contributed by atoms with Crippen LogP contribution in [0, 0.1) is 11.8 Å². The lowest BCUT2D eigenvalue weighted by atomic mass is 9.82. The second-order valence-corrected chi connectivity index (χ2v) is 8.16. The lowest BCUT2D eigenvalue weighted by Gasteiger charge is -2.42. The molecule has 0 aromatic carbocycles. The van der Waals surface area contributed by atoms with Crippen molar-refractivity contribution in [1.29, 1.82) is 0 Å². The van der Waals surface area contributed by atoms with Crippen LogP contribution >= 0.6 is 0 Å². The molecular weight excluding hydrogens is 266 g/mol. The van der Waals surface area contributed by atoms with Crippen LogP contribution in [0.5, 0.6) is 0 Å². The number of likely N-dealkylation sites (tertiary alicyclic amines) is 1. The number of carboxylic acids is 1. The van der Waals surface area contributed by atoms with Crippen molar-refractivity contribution in [2.24, 2.45) is 11.8 Å². The molecule has 2 saturated heterocycles. The smallest absolute Gasteiger partial charge is 0.303 e. The van der Waals surface area contributed by atoms with E-state index in [2.05, 4.69) is 39.5 Å². The minimum Gasteiger partial charge on any atom is -0.481 e. The number of nitrogens with zero attached hydrogens (tertiary/aromatic N) is 1. The molecule has 0 aromatic heterocycles. The molecule has 0 radical (unpaired) electrons. The molecule has 2 fully saturated rings. The summed E-state index contributed by atoms with van der Waals surface area (Å²) in [6, 6.07) is 0.437. The summed E-state index contributed by atoms with van der Waals surface area (Å²) in [6.45, 7) is 12.9. The minimum absolute atomic E-state index is 0.0617. The summed E-state index contributed by atoms with van der Waals surface area (Å²) in [6.07, 6.45) is 3.67. The number of hydrogen-bond donors (Lipinski definition) is 1. The molecule has 0 aliphatic carbocycles. The van der Waals surface area contributed by atoms with Crippen molar-refractivity contribution in [2.45, 2.75) is 77.5 Å². The van der Waals surface area contributed by atoms with E-state index in [9.17, 15) is 4.79 Å². The number of piperidine rings is 1. The van der Waals surface area contributed by atoms with Gasteiger partial charge >= 0.3 is 5.97 Å². The number of ether oxygens (including phenoxy) is 1. The van der Waals surface area contributed by atoms with Gasteiger partial charge in [-0.05, 0) is 65.3 Å². The van der Waals surface area contributed by atoms with E-state index in [0.717, 1.165) is 25.9 Å². The van der Waals surface area contributed by atoms with Crippen molar-refractivity contribution < 1.29 is 14.6 Å². The summed E-state index contributed by atoms with van der Waals surface area (Å²) in [5.74, 6) is 0.0726. The summed E-state index contributed by atoms with van der Waals surface area (Å²) in [4.78, 5) is 13.5. The van der Waals surface area contributed by atoms with Gasteiger partial charge in [-0.2, -0.15) is 0 Å². The lowest BCUT2D eigenvalue weighted by Crippen LogP contribution is -2.51. The van der Waals surface area contributed by atoms with E-state index in [1.165, 1.54) is 6.42 Å². The fraction of sp³-hybridized carbons (Fsp3) is 0.941. The van der Waals surface area contributed by atoms with Gasteiger partial charge in [0.15, 0.2) is 0 Å². The van der Waals surface area contributed by atoms with Gasteiger partial charge < -0.3 is 9.84 Å². The van der Waals surface area contributed by atoms with E-state index in [-0.39, 0.29) is 23.5 Å². The number of carboxylic acid groups (broad SMARTS) is 1. The third-order valence-corrected chi connectivity index (χ3v) is 5.26. The molecule has 3 unspecified atom stereocenters. The highest BCUT2D eigenvalue weighted by Gasteiger charge is 2.49. The second kappa shape index (κ2) is 5.88. The van der Waals surface area contributed by atoms with Crippen LogP contribution in [0.4, 0.5) is 0 Å². The van der Waals surface area contributed by atoms with Gasteiger partial charge in [-0.3, -0.25) is 9.69 Å². The minimum atomic E-state index is -0.676. The molecule has 0 spiro atoms. The van der Waals surface area contributed by atoms with Gasteiger partial charge in [-0.25, -0.2) is 0 Å². The molecule has 3 atom stereocenters. The maximum atomic E-state index is 10.9. The topological polar surface area (TPSA) is 49.8 Å². The molecule has 122 valence electrons. The van der Waals surface area contributed by atoms with Gasteiger partial charge in [0.25, 0.3) is 0 Å². The second-order valence-electron chi connectivity index (χ2n) is 8.16. The van der Waals surface area contributed by atoms with Gasteiger partial charge in [0.2, 0.25) is 0 Å². The molecule has 2 aliphatic rings. The molecule has 2 aliphatic heterocycles. The maximum Gasteiger partial charge on any atom is 0.303 e. The number of hydrogen-bond acceptors (Lipinski definition) is 3. The van der Waals surface area contributed by atoms with E-state index in [1.807, 2.05) is 0 Å². The van der Waals surface area contributed by atoms with Crippen LogP contribution in [0.25, 0.3) is 0 Å². The first-order valence-corrected chi connectivity index (χ1v) is 8.27. The Balaban J connectivity index is 2.02. The van der Waals surface area contributed by atoms with Crippen LogP contribution < -0.4 is 0 Å². The molecule has 0 saturated carbocycles. The summed E-state index contributed by atoms with van der Waals surface area (Å²) in [5, 5.41) is 9.01. The molecule has 21 heavy (non-hydrogen) atoms. The molecule has 0 amide bonds. The summed E-state index contributed by atoms with van der Waals surface area (Å²) < 4.78 is 6.23. The van der Waals surface area contributed by atoms with E-state index in [1.54, 1.807) is 0 Å². The Morgan fingerprint density at radius 1 is 1.38 bits per heavy atom. The first kappa shape index (κ1) is 16.8. The van der Waals surface area contributed by atoms with Crippen LogP contribution in [0.3, 0.4) is 0 Å². The van der Waals surface area contributed by atoms with E-state index in [4.69, 9.17) is 9.84 Å². The van der Waals surface area contributed by atoms with Crippen LogP contribution in [0.15, 0.2) is 0 Å². The molecule has 4 heteroatoms. The Bertz CT molecular complexity index is 391. The normalized spacial score (nSPS) is 33.8. The SMILES string of the molecule is CC(CC(=O)O)C1CCCN(C2CC(C)(C)OC2(C)C)C1. The lowest BCUT2D eigenvalue weighted by molar-refractivity contribution is -0.138. The largest absolute Gasteiger partial charge is 0.481 e. The zero-order valence-corrected chi connectivity index (χ0v) is 14.2. The van der Waals surface area contributed by atoms with Crippen LogP contribution in [0.2, 0.25) is 0 Å². The van der Waals surface area contributed by atoms with Crippen LogP contribution in [-0.4, -0.2) is 46.3 Å². The summed E-state index contributed by atoms with van der Waals surface area (Å²) in [5.41, 5.74) is -0.185. The summed E-state index contributed by atoms with van der Waals surface area (Å²) >= 11 is 0. The predicted octanol–water partition coefficient (Wildman–Crippen LogP) is 3.16. The Morgan fingerprint density at radius 2 is 2.05 bits per heavy atom. The zero-order valence-electron chi connectivity index (χ0n) is 14.2. The molecule has 1 N–H and O–H groups in total. The Kier molecular flexibility index (Phi) is 4.69. The quantitative estimate of drug-likeness (QED) is 0.866. The van der Waals surface area contributed by atoms with E-state index < -0.39 is 5.97 Å². The monoisotopic (exact) mass is 297 g/mol. The molecule has 2 rings (SSSR count). The number of rotatable bonds is 4. The fourth-order valence-corrected chi connectivity index (χ4v) is 4.33. The average Bonchev–Trinajstić information content (AvgIpc) is 2.56. The maximum absolute atomic E-state index is 10.9. The highest BCUT2D eigenvalue weighted by molar-refractivity contribution is 5.67. The van der Waals surface area contributed by atoms with E-state index in [0.29, 0.717) is 12.0 Å². The highest BCUT2D eigenvalue weighted by Crippen LogP contribution is 2.42. The molecule has 4 nitrogen and oxygen atoms in total. The zero-order chi connectivity index (χ0) is 15.8. The summed E-state index contributed by atoms with van der Waals surface area (Å²) in [7, 11) is 0. The van der Waals surface area contributed by atoms with Crippen LogP contribution in [0.1, 0.15) is 60.3 Å². The number of aliphatic carboxylic acids is 1. The van der Waals surface area contributed by atoms with Crippen molar-refractivity contribution in [3.8, 4) is 0 Å². The standard InChI is InChI=1S/C17H31NO3/c1-12(9-15(19)20)13-7-6-8-18(11-13)14-10-16(2,3)21-17(14,4)5/h12-14H,6-11H2,1-5H3,(H,19,20). The van der Waals surface area contributed by atoms with Gasteiger partial charge in [-0.15, -0.1) is 0 Å². The van der Waals surface area contributed by atoms with Gasteiger partial charge in [-0.1, -0.05) is 6.92 Å². The third kappa shape index (κ3) is 3.98. The van der Waals surface area contributed by atoms with Crippen molar-refractivity contribution in [3.05, 3.63) is 0 Å². The first-order valence-electron chi connectivity index (χ1n) is 8.27. The molecule has 0 bridgehead atoms. The first-order chi connectivity index (χ1) is 9.61. The van der Waals surface area contributed by atoms with Crippen LogP contribution in [-0.2, 0) is 9.53 Å². The number of carbonyl (C=O) groups is 1. The third-order valence-electron chi connectivity index (χ3n) is 5.26. The Morgan fingerprint density at radius 3 is 2.57 bits per heavy atom. The molecule has 2 heterocycles. The molecular formula is C17H31NO3.